The minimum Gasteiger partial charge on any atom is -0.330 e. The van der Waals surface area contributed by atoms with Crippen LogP contribution >= 0.6 is 0 Å². The van der Waals surface area contributed by atoms with Gasteiger partial charge in [0.25, 0.3) is 0 Å². The van der Waals surface area contributed by atoms with Crippen molar-refractivity contribution in [2.24, 2.45) is 11.5 Å². The molecule has 90 valence electrons. The molecule has 1 heterocycles. The van der Waals surface area contributed by atoms with Gasteiger partial charge in [0.2, 0.25) is 0 Å². The summed E-state index contributed by atoms with van der Waals surface area (Å²) in [5.41, 5.74) is 10.9. The van der Waals surface area contributed by atoms with Crippen LogP contribution in [-0.4, -0.2) is 50.2 Å². The van der Waals surface area contributed by atoms with E-state index in [1.165, 1.54) is 25.9 Å². The Morgan fingerprint density at radius 2 is 1.80 bits per heavy atom. The Morgan fingerprint density at radius 1 is 1.07 bits per heavy atom. The lowest BCUT2D eigenvalue weighted by Gasteiger charge is -2.04. The van der Waals surface area contributed by atoms with Crippen molar-refractivity contribution in [3.63, 3.8) is 0 Å². The maximum absolute atomic E-state index is 5.47. The zero-order valence-electron chi connectivity index (χ0n) is 9.75. The van der Waals surface area contributed by atoms with Gasteiger partial charge in [-0.05, 0) is 58.4 Å². The molecule has 0 aromatic rings. The van der Waals surface area contributed by atoms with E-state index in [0.717, 1.165) is 45.1 Å². The van der Waals surface area contributed by atoms with Crippen molar-refractivity contribution < 1.29 is 0 Å². The van der Waals surface area contributed by atoms with Gasteiger partial charge in [0.1, 0.15) is 0 Å². The third-order valence-electron chi connectivity index (χ3n) is 2.93. The number of hydrogen-bond acceptors (Lipinski definition) is 4. The molecule has 0 spiro atoms. The summed E-state index contributed by atoms with van der Waals surface area (Å²) < 4.78 is 0. The van der Waals surface area contributed by atoms with E-state index in [2.05, 4.69) is 10.2 Å². The molecule has 0 amide bonds. The summed E-state index contributed by atoms with van der Waals surface area (Å²) in [5, 5.41) is 3.41. The normalized spacial score (nSPS) is 24.4. The van der Waals surface area contributed by atoms with Crippen LogP contribution in [0.1, 0.15) is 25.7 Å². The molecule has 15 heavy (non-hydrogen) atoms. The summed E-state index contributed by atoms with van der Waals surface area (Å²) in [6.07, 6.45) is 4.85. The molecule has 1 saturated heterocycles. The van der Waals surface area contributed by atoms with Crippen LogP contribution in [-0.2, 0) is 0 Å². The standard InChI is InChI=1S/C11H26N4/c12-5-2-8-14-7-1-4-11-10-15(11)9-3-6-13/h11,14H,1-10,12-13H2. The zero-order chi connectivity index (χ0) is 10.9. The number of nitrogens with one attached hydrogen (secondary N) is 1. The molecular formula is C11H26N4. The SMILES string of the molecule is NCCCNCCCC1CN1CCCN. The van der Waals surface area contributed by atoms with Gasteiger partial charge in [-0.15, -0.1) is 0 Å². The van der Waals surface area contributed by atoms with Crippen LogP contribution in [0.15, 0.2) is 0 Å². The molecule has 0 aliphatic carbocycles. The van der Waals surface area contributed by atoms with E-state index in [4.69, 9.17) is 11.5 Å². The van der Waals surface area contributed by atoms with Crippen LogP contribution in [0.4, 0.5) is 0 Å². The summed E-state index contributed by atoms with van der Waals surface area (Å²) in [6, 6.07) is 0.854. The Labute approximate surface area is 93.4 Å². The number of hydrogen-bond donors (Lipinski definition) is 3. The fraction of sp³-hybridized carbons (Fsp3) is 1.00. The lowest BCUT2D eigenvalue weighted by atomic mass is 10.2. The molecule has 0 saturated carbocycles. The Bertz CT molecular complexity index is 152. The zero-order valence-corrected chi connectivity index (χ0v) is 9.75. The molecule has 0 aromatic carbocycles. The predicted molar refractivity (Wildman–Crippen MR) is 64.8 cm³/mol. The Hall–Kier alpha value is -0.160. The molecule has 2 unspecified atom stereocenters. The highest BCUT2D eigenvalue weighted by atomic mass is 15.3. The van der Waals surface area contributed by atoms with Crippen molar-refractivity contribution in [3.8, 4) is 0 Å². The molecule has 0 aromatic heterocycles. The van der Waals surface area contributed by atoms with Gasteiger partial charge in [0, 0.05) is 12.6 Å². The highest BCUT2D eigenvalue weighted by molar-refractivity contribution is 4.88. The first kappa shape index (κ1) is 12.9. The maximum Gasteiger partial charge on any atom is 0.0224 e. The van der Waals surface area contributed by atoms with Crippen molar-refractivity contribution in [2.45, 2.75) is 31.7 Å². The first-order chi connectivity index (χ1) is 7.38. The van der Waals surface area contributed by atoms with E-state index in [1.807, 2.05) is 0 Å². The second-order valence-corrected chi connectivity index (χ2v) is 4.33. The van der Waals surface area contributed by atoms with E-state index in [9.17, 15) is 0 Å². The second-order valence-electron chi connectivity index (χ2n) is 4.33. The molecule has 1 aliphatic rings. The summed E-state index contributed by atoms with van der Waals surface area (Å²) in [7, 11) is 0. The average Bonchev–Trinajstić information content (AvgIpc) is 2.99. The number of nitrogens with two attached hydrogens (primary N) is 2. The van der Waals surface area contributed by atoms with E-state index in [-0.39, 0.29) is 0 Å². The van der Waals surface area contributed by atoms with Crippen LogP contribution in [0.5, 0.6) is 0 Å². The quantitative estimate of drug-likeness (QED) is 0.346. The van der Waals surface area contributed by atoms with Crippen molar-refractivity contribution in [2.75, 3.05) is 39.3 Å². The van der Waals surface area contributed by atoms with Gasteiger partial charge in [-0.25, -0.2) is 0 Å². The third kappa shape index (κ3) is 6.10. The molecule has 1 rings (SSSR count). The highest BCUT2D eigenvalue weighted by Gasteiger charge is 2.31. The van der Waals surface area contributed by atoms with E-state index >= 15 is 0 Å². The summed E-state index contributed by atoms with van der Waals surface area (Å²) in [4.78, 5) is 2.52. The van der Waals surface area contributed by atoms with Gasteiger partial charge in [0.05, 0.1) is 0 Å². The molecule has 1 aliphatic heterocycles. The molecule has 4 heteroatoms. The Kier molecular flexibility index (Phi) is 6.92. The molecule has 2 atom stereocenters. The van der Waals surface area contributed by atoms with Crippen molar-refractivity contribution in [1.29, 1.82) is 0 Å². The smallest absolute Gasteiger partial charge is 0.0224 e. The summed E-state index contributed by atoms with van der Waals surface area (Å²) >= 11 is 0. The molecule has 1 fully saturated rings. The molecule has 5 N–H and O–H groups in total. The van der Waals surface area contributed by atoms with Crippen LogP contribution in [0, 0.1) is 0 Å². The Morgan fingerprint density at radius 3 is 2.53 bits per heavy atom. The van der Waals surface area contributed by atoms with E-state index < -0.39 is 0 Å². The largest absolute Gasteiger partial charge is 0.330 e. The molecule has 4 nitrogen and oxygen atoms in total. The summed E-state index contributed by atoms with van der Waals surface area (Å²) in [5.74, 6) is 0. The first-order valence-corrected chi connectivity index (χ1v) is 6.23. The van der Waals surface area contributed by atoms with E-state index in [1.54, 1.807) is 0 Å². The van der Waals surface area contributed by atoms with E-state index in [0.29, 0.717) is 0 Å². The van der Waals surface area contributed by atoms with Gasteiger partial charge in [-0.1, -0.05) is 0 Å². The van der Waals surface area contributed by atoms with Crippen LogP contribution in [0.25, 0.3) is 0 Å². The van der Waals surface area contributed by atoms with Crippen LogP contribution in [0.3, 0.4) is 0 Å². The number of rotatable bonds is 10. The van der Waals surface area contributed by atoms with Crippen molar-refractivity contribution in [1.82, 2.24) is 10.2 Å². The van der Waals surface area contributed by atoms with Gasteiger partial charge >= 0.3 is 0 Å². The molecule has 0 radical (unpaired) electrons. The fourth-order valence-electron chi connectivity index (χ4n) is 1.88. The average molecular weight is 214 g/mol. The third-order valence-corrected chi connectivity index (χ3v) is 2.93. The minimum absolute atomic E-state index is 0.794. The lowest BCUT2D eigenvalue weighted by molar-refractivity contribution is 0.470. The van der Waals surface area contributed by atoms with Gasteiger partial charge in [0.15, 0.2) is 0 Å². The van der Waals surface area contributed by atoms with Crippen LogP contribution < -0.4 is 16.8 Å². The lowest BCUT2D eigenvalue weighted by Crippen LogP contribution is -2.20. The molecular weight excluding hydrogens is 188 g/mol. The highest BCUT2D eigenvalue weighted by Crippen LogP contribution is 2.21. The van der Waals surface area contributed by atoms with Gasteiger partial charge in [-0.2, -0.15) is 0 Å². The second kappa shape index (κ2) is 8.05. The maximum atomic E-state index is 5.47. The van der Waals surface area contributed by atoms with Crippen molar-refractivity contribution >= 4 is 0 Å². The minimum atomic E-state index is 0.794. The van der Waals surface area contributed by atoms with Crippen molar-refractivity contribution in [3.05, 3.63) is 0 Å². The van der Waals surface area contributed by atoms with Gasteiger partial charge < -0.3 is 16.8 Å². The summed E-state index contributed by atoms with van der Waals surface area (Å²) in [6.45, 7) is 6.32. The fourth-order valence-corrected chi connectivity index (χ4v) is 1.88. The number of nitrogens with zero attached hydrogens (tertiary/aromatic N) is 1. The Balaban J connectivity index is 1.78. The topological polar surface area (TPSA) is 67.1 Å². The first-order valence-electron chi connectivity index (χ1n) is 6.23. The molecule has 0 bridgehead atoms. The van der Waals surface area contributed by atoms with Gasteiger partial charge in [-0.3, -0.25) is 4.90 Å². The monoisotopic (exact) mass is 214 g/mol. The predicted octanol–water partition coefficient (Wildman–Crippen LogP) is -0.262. The van der Waals surface area contributed by atoms with Crippen LogP contribution in [0.2, 0.25) is 0 Å².